The Hall–Kier alpha value is -1.36. The zero-order valence-corrected chi connectivity index (χ0v) is 14.2. The Balaban J connectivity index is 2.14. The summed E-state index contributed by atoms with van der Waals surface area (Å²) in [6, 6.07) is 6.34. The minimum absolute atomic E-state index is 0.0176. The van der Waals surface area contributed by atoms with Crippen LogP contribution in [0.1, 0.15) is 18.9 Å². The minimum Gasteiger partial charge on any atom is -0.377 e. The molecule has 1 aliphatic rings. The third-order valence-corrected chi connectivity index (χ3v) is 4.97. The van der Waals surface area contributed by atoms with Gasteiger partial charge in [0.2, 0.25) is 0 Å². The van der Waals surface area contributed by atoms with E-state index in [9.17, 15) is 4.79 Å². The van der Waals surface area contributed by atoms with Crippen LogP contribution in [0.4, 0.5) is 16.2 Å². The molecule has 21 heavy (non-hydrogen) atoms. The average molecular weight is 307 g/mol. The van der Waals surface area contributed by atoms with Crippen molar-refractivity contribution < 1.29 is 4.79 Å². The van der Waals surface area contributed by atoms with Crippen molar-refractivity contribution in [2.24, 2.45) is 0 Å². The molecule has 1 aromatic rings. The number of nitrogens with zero attached hydrogens (tertiary/aromatic N) is 2. The van der Waals surface area contributed by atoms with E-state index in [0.717, 1.165) is 41.4 Å². The molecule has 116 valence electrons. The van der Waals surface area contributed by atoms with Crippen LogP contribution in [0.5, 0.6) is 0 Å². The van der Waals surface area contributed by atoms with Gasteiger partial charge in [0.25, 0.3) is 0 Å². The van der Waals surface area contributed by atoms with Gasteiger partial charge in [-0.2, -0.15) is 11.8 Å². The van der Waals surface area contributed by atoms with Gasteiger partial charge in [0.05, 0.1) is 0 Å². The van der Waals surface area contributed by atoms with Gasteiger partial charge in [0.1, 0.15) is 0 Å². The molecule has 1 N–H and O–H groups in total. The Morgan fingerprint density at radius 3 is 2.86 bits per heavy atom. The molecule has 0 unspecified atom stereocenters. The Morgan fingerprint density at radius 1 is 1.38 bits per heavy atom. The number of benzene rings is 1. The zero-order valence-electron chi connectivity index (χ0n) is 13.3. The van der Waals surface area contributed by atoms with E-state index in [1.54, 1.807) is 0 Å². The fourth-order valence-corrected chi connectivity index (χ4v) is 3.66. The number of hydrogen-bond acceptors (Lipinski definition) is 3. The Kier molecular flexibility index (Phi) is 5.39. The molecule has 1 atom stereocenters. The monoisotopic (exact) mass is 307 g/mol. The summed E-state index contributed by atoms with van der Waals surface area (Å²) < 4.78 is 0. The van der Waals surface area contributed by atoms with Crippen molar-refractivity contribution in [1.29, 1.82) is 0 Å². The molecule has 1 aromatic carbocycles. The number of thioether (sulfide) groups is 1. The first-order valence-corrected chi connectivity index (χ1v) is 8.58. The fraction of sp³-hybridized carbons (Fsp3) is 0.562. The van der Waals surface area contributed by atoms with E-state index in [1.165, 1.54) is 0 Å². The van der Waals surface area contributed by atoms with Crippen molar-refractivity contribution in [3.05, 3.63) is 23.8 Å². The molecule has 1 aliphatic heterocycles. The molecule has 0 aromatic heterocycles. The van der Waals surface area contributed by atoms with Crippen molar-refractivity contribution in [2.45, 2.75) is 26.3 Å². The molecule has 1 saturated heterocycles. The molecule has 0 spiro atoms. The van der Waals surface area contributed by atoms with Gasteiger partial charge in [0, 0.05) is 43.8 Å². The highest BCUT2D eigenvalue weighted by atomic mass is 32.2. The summed E-state index contributed by atoms with van der Waals surface area (Å²) in [4.78, 5) is 16.6. The second-order valence-electron chi connectivity index (χ2n) is 5.72. The number of anilines is 2. The highest BCUT2D eigenvalue weighted by molar-refractivity contribution is 7.99. The van der Waals surface area contributed by atoms with Crippen LogP contribution >= 0.6 is 11.8 Å². The summed E-state index contributed by atoms with van der Waals surface area (Å²) in [7, 11) is 4.03. The first-order valence-electron chi connectivity index (χ1n) is 7.43. The molecule has 2 rings (SSSR count). The number of urea groups is 1. The normalized spacial score (nSPS) is 19.0. The van der Waals surface area contributed by atoms with Crippen LogP contribution in [-0.4, -0.2) is 49.1 Å². The molecule has 1 heterocycles. The Bertz CT molecular complexity index is 504. The topological polar surface area (TPSA) is 35.6 Å². The average Bonchev–Trinajstić information content (AvgIpc) is 2.65. The van der Waals surface area contributed by atoms with Crippen LogP contribution in [0.3, 0.4) is 0 Å². The van der Waals surface area contributed by atoms with Crippen molar-refractivity contribution in [2.75, 3.05) is 42.4 Å². The Labute approximate surface area is 131 Å². The quantitative estimate of drug-likeness (QED) is 0.909. The maximum Gasteiger partial charge on any atom is 0.322 e. The van der Waals surface area contributed by atoms with Crippen molar-refractivity contribution in [3.8, 4) is 0 Å². The molecule has 5 heteroatoms. The van der Waals surface area contributed by atoms with Crippen molar-refractivity contribution in [3.63, 3.8) is 0 Å². The van der Waals surface area contributed by atoms with E-state index >= 15 is 0 Å². The minimum atomic E-state index is 0.0176. The van der Waals surface area contributed by atoms with Crippen LogP contribution in [-0.2, 0) is 0 Å². The van der Waals surface area contributed by atoms with Gasteiger partial charge in [-0.05, 0) is 43.7 Å². The standard InChI is InChI=1S/C16H25N3OS/c1-12-8-10-21-11-9-19(12)16(20)17-14-6-5-7-15(13(14)2)18(3)4/h5-7,12H,8-11H2,1-4H3,(H,17,20)/t12-/m0/s1. The van der Waals surface area contributed by atoms with E-state index in [1.807, 2.05) is 49.8 Å². The van der Waals surface area contributed by atoms with Crippen LogP contribution in [0.25, 0.3) is 0 Å². The molecule has 1 fully saturated rings. The van der Waals surface area contributed by atoms with E-state index < -0.39 is 0 Å². The molecule has 0 aliphatic carbocycles. The highest BCUT2D eigenvalue weighted by Crippen LogP contribution is 2.26. The summed E-state index contributed by atoms with van der Waals surface area (Å²) in [5, 5.41) is 3.08. The van der Waals surface area contributed by atoms with E-state index in [-0.39, 0.29) is 6.03 Å². The first kappa shape index (κ1) is 16.0. The first-order chi connectivity index (χ1) is 10.0. The predicted molar refractivity (Wildman–Crippen MR) is 92.6 cm³/mol. The third-order valence-electron chi connectivity index (χ3n) is 3.98. The maximum absolute atomic E-state index is 12.6. The third kappa shape index (κ3) is 3.84. The van der Waals surface area contributed by atoms with Gasteiger partial charge < -0.3 is 15.1 Å². The zero-order chi connectivity index (χ0) is 15.4. The summed E-state index contributed by atoms with van der Waals surface area (Å²) >= 11 is 1.93. The van der Waals surface area contributed by atoms with Crippen LogP contribution in [0.2, 0.25) is 0 Å². The van der Waals surface area contributed by atoms with Crippen LogP contribution < -0.4 is 10.2 Å². The number of carbonyl (C=O) groups excluding carboxylic acids is 1. The summed E-state index contributed by atoms with van der Waals surface area (Å²) in [6.07, 6.45) is 1.06. The highest BCUT2D eigenvalue weighted by Gasteiger charge is 2.22. The molecular weight excluding hydrogens is 282 g/mol. The van der Waals surface area contributed by atoms with Crippen LogP contribution in [0.15, 0.2) is 18.2 Å². The van der Waals surface area contributed by atoms with Gasteiger partial charge in [-0.25, -0.2) is 4.79 Å². The van der Waals surface area contributed by atoms with Gasteiger partial charge in [0.15, 0.2) is 0 Å². The van der Waals surface area contributed by atoms with Crippen molar-refractivity contribution in [1.82, 2.24) is 4.90 Å². The van der Waals surface area contributed by atoms with Gasteiger partial charge in [-0.1, -0.05) is 6.07 Å². The number of carbonyl (C=O) groups is 1. The van der Waals surface area contributed by atoms with Crippen molar-refractivity contribution >= 4 is 29.2 Å². The maximum atomic E-state index is 12.6. The molecule has 0 bridgehead atoms. The number of nitrogens with one attached hydrogen (secondary N) is 1. The summed E-state index contributed by atoms with van der Waals surface area (Å²) in [5.41, 5.74) is 3.13. The predicted octanol–water partition coefficient (Wildman–Crippen LogP) is 3.42. The Morgan fingerprint density at radius 2 is 2.14 bits per heavy atom. The second-order valence-corrected chi connectivity index (χ2v) is 6.94. The number of hydrogen-bond donors (Lipinski definition) is 1. The SMILES string of the molecule is Cc1c(NC(=O)N2CCSCC[C@@H]2C)cccc1N(C)C. The van der Waals surface area contributed by atoms with Gasteiger partial charge >= 0.3 is 6.03 Å². The van der Waals surface area contributed by atoms with Crippen LogP contribution in [0, 0.1) is 6.92 Å². The summed E-state index contributed by atoms with van der Waals surface area (Å²) in [5.74, 6) is 2.16. The van der Waals surface area contributed by atoms with Gasteiger partial charge in [-0.3, -0.25) is 0 Å². The summed E-state index contributed by atoms with van der Waals surface area (Å²) in [6.45, 7) is 5.01. The fourth-order valence-electron chi connectivity index (χ4n) is 2.63. The van der Waals surface area contributed by atoms with Gasteiger partial charge in [-0.15, -0.1) is 0 Å². The second kappa shape index (κ2) is 7.07. The van der Waals surface area contributed by atoms with E-state index in [2.05, 4.69) is 23.2 Å². The molecule has 2 amide bonds. The van der Waals surface area contributed by atoms with E-state index in [4.69, 9.17) is 0 Å². The molecule has 4 nitrogen and oxygen atoms in total. The number of amides is 2. The largest absolute Gasteiger partial charge is 0.377 e. The lowest BCUT2D eigenvalue weighted by molar-refractivity contribution is 0.197. The lowest BCUT2D eigenvalue weighted by Crippen LogP contribution is -2.42. The molecule has 0 radical (unpaired) electrons. The number of rotatable bonds is 2. The lowest BCUT2D eigenvalue weighted by atomic mass is 10.1. The smallest absolute Gasteiger partial charge is 0.322 e. The molecular formula is C16H25N3OS. The lowest BCUT2D eigenvalue weighted by Gasteiger charge is -2.28. The molecule has 0 saturated carbocycles. The van der Waals surface area contributed by atoms with E-state index in [0.29, 0.717) is 6.04 Å².